The summed E-state index contributed by atoms with van der Waals surface area (Å²) < 4.78 is 0. The standard InChI is InChI=1S/C18H28N6O5/c1-8-11(15(17(28)29)24-14(8)13(9(2)25)16(24)27)7-23-4-3-10(6-23)22-12(26)5-21-18(19)20/h8-10,13-14,25H,3-7H2,1-2H3,(H,22,26)(H,28,29)(H4,19,20,21)/t8-,9+,10-,13?,14+/m0/s1. The Morgan fingerprint density at radius 3 is 2.66 bits per heavy atom. The molecule has 2 saturated heterocycles. The van der Waals surface area contributed by atoms with Crippen LogP contribution in [0.3, 0.4) is 0 Å². The number of aliphatic hydroxyl groups is 1. The van der Waals surface area contributed by atoms with E-state index in [1.54, 1.807) is 6.92 Å². The number of amides is 2. The van der Waals surface area contributed by atoms with Crippen LogP contribution in [0.15, 0.2) is 16.3 Å². The second-order valence-electron chi connectivity index (χ2n) is 7.96. The Morgan fingerprint density at radius 2 is 2.07 bits per heavy atom. The highest BCUT2D eigenvalue weighted by molar-refractivity contribution is 6.00. The van der Waals surface area contributed by atoms with Gasteiger partial charge in [0.15, 0.2) is 5.96 Å². The van der Waals surface area contributed by atoms with Crippen LogP contribution >= 0.6 is 0 Å². The Bertz CT molecular complexity index is 775. The minimum Gasteiger partial charge on any atom is -0.477 e. The number of likely N-dealkylation sites (tertiary alicyclic amines) is 1. The first-order valence-electron chi connectivity index (χ1n) is 9.66. The van der Waals surface area contributed by atoms with Crippen LogP contribution < -0.4 is 16.8 Å². The van der Waals surface area contributed by atoms with E-state index in [0.29, 0.717) is 25.2 Å². The third-order valence-electron chi connectivity index (χ3n) is 5.95. The predicted octanol–water partition coefficient (Wildman–Crippen LogP) is -2.35. The Kier molecular flexibility index (Phi) is 5.80. The first kappa shape index (κ1) is 21.1. The fourth-order valence-corrected chi connectivity index (χ4v) is 4.62. The number of rotatable bonds is 7. The number of nitrogens with one attached hydrogen (secondary N) is 1. The van der Waals surface area contributed by atoms with Crippen LogP contribution in [-0.4, -0.2) is 88.1 Å². The topological polar surface area (TPSA) is 175 Å². The van der Waals surface area contributed by atoms with Crippen LogP contribution in [0.1, 0.15) is 20.3 Å². The lowest BCUT2D eigenvalue weighted by atomic mass is 9.77. The lowest BCUT2D eigenvalue weighted by molar-refractivity contribution is -0.163. The van der Waals surface area contributed by atoms with Crippen molar-refractivity contribution in [3.63, 3.8) is 0 Å². The van der Waals surface area contributed by atoms with Gasteiger partial charge in [0, 0.05) is 31.6 Å². The van der Waals surface area contributed by atoms with E-state index in [9.17, 15) is 24.6 Å². The van der Waals surface area contributed by atoms with Crippen molar-refractivity contribution in [3.8, 4) is 0 Å². The van der Waals surface area contributed by atoms with E-state index in [0.717, 1.165) is 6.42 Å². The maximum Gasteiger partial charge on any atom is 0.352 e. The molecule has 3 heterocycles. The smallest absolute Gasteiger partial charge is 0.352 e. The van der Waals surface area contributed by atoms with Crippen molar-refractivity contribution in [2.24, 2.45) is 28.3 Å². The average molecular weight is 408 g/mol. The number of guanidine groups is 1. The van der Waals surface area contributed by atoms with Gasteiger partial charge in [-0.25, -0.2) is 9.79 Å². The predicted molar refractivity (Wildman–Crippen MR) is 103 cm³/mol. The van der Waals surface area contributed by atoms with Crippen molar-refractivity contribution in [1.82, 2.24) is 15.1 Å². The van der Waals surface area contributed by atoms with Crippen LogP contribution in [0.4, 0.5) is 0 Å². The molecule has 5 atom stereocenters. The van der Waals surface area contributed by atoms with Crippen molar-refractivity contribution in [1.29, 1.82) is 0 Å². The van der Waals surface area contributed by atoms with Gasteiger partial charge in [-0.15, -0.1) is 0 Å². The summed E-state index contributed by atoms with van der Waals surface area (Å²) in [5.74, 6) is -2.62. The summed E-state index contributed by atoms with van der Waals surface area (Å²) in [4.78, 5) is 43.2. The number of aliphatic imine (C=N–C) groups is 1. The number of nitrogens with two attached hydrogens (primary N) is 2. The SMILES string of the molecule is C[C@@H](O)C1C(=O)N2C(C(=O)O)=C(CN3CC[C@H](NC(=O)CN=C(N)N)C3)[C@H](C)[C@H]12. The molecular formula is C18H28N6O5. The van der Waals surface area contributed by atoms with Crippen LogP contribution in [-0.2, 0) is 14.4 Å². The number of carbonyl (C=O) groups excluding carboxylic acids is 2. The zero-order valence-electron chi connectivity index (χ0n) is 16.5. The van der Waals surface area contributed by atoms with Crippen molar-refractivity contribution >= 4 is 23.7 Å². The molecule has 3 rings (SSSR count). The molecule has 29 heavy (non-hydrogen) atoms. The van der Waals surface area contributed by atoms with Gasteiger partial charge in [-0.1, -0.05) is 6.92 Å². The first-order chi connectivity index (χ1) is 13.6. The number of carboxylic acid groups (broad SMARTS) is 1. The van der Waals surface area contributed by atoms with Gasteiger partial charge in [0.2, 0.25) is 11.8 Å². The van der Waals surface area contributed by atoms with Crippen molar-refractivity contribution < 1.29 is 24.6 Å². The zero-order chi connectivity index (χ0) is 21.5. The van der Waals surface area contributed by atoms with Crippen molar-refractivity contribution in [3.05, 3.63) is 11.3 Å². The molecule has 0 aromatic rings. The summed E-state index contributed by atoms with van der Waals surface area (Å²) in [5, 5.41) is 22.5. The molecule has 1 unspecified atom stereocenters. The van der Waals surface area contributed by atoms with Gasteiger partial charge >= 0.3 is 5.97 Å². The largest absolute Gasteiger partial charge is 0.477 e. The molecule has 0 radical (unpaired) electrons. The third kappa shape index (κ3) is 3.92. The summed E-state index contributed by atoms with van der Waals surface area (Å²) in [7, 11) is 0. The summed E-state index contributed by atoms with van der Waals surface area (Å²) in [6.07, 6.45) is -0.0998. The Balaban J connectivity index is 1.65. The van der Waals surface area contributed by atoms with E-state index in [1.807, 2.05) is 6.92 Å². The van der Waals surface area contributed by atoms with Gasteiger partial charge < -0.3 is 31.9 Å². The van der Waals surface area contributed by atoms with Crippen molar-refractivity contribution in [2.45, 2.75) is 38.5 Å². The van der Waals surface area contributed by atoms with Gasteiger partial charge in [0.1, 0.15) is 12.2 Å². The number of carbonyl (C=O) groups is 3. The highest BCUT2D eigenvalue weighted by atomic mass is 16.4. The fraction of sp³-hybridized carbons (Fsp3) is 0.667. The maximum atomic E-state index is 12.4. The molecule has 2 fully saturated rings. The summed E-state index contributed by atoms with van der Waals surface area (Å²) in [6.45, 7) is 4.97. The molecule has 0 bridgehead atoms. The fourth-order valence-electron chi connectivity index (χ4n) is 4.62. The summed E-state index contributed by atoms with van der Waals surface area (Å²) in [5.41, 5.74) is 11.2. The van der Waals surface area contributed by atoms with E-state index >= 15 is 0 Å². The molecule has 3 aliphatic rings. The van der Waals surface area contributed by atoms with Gasteiger partial charge in [-0.3, -0.25) is 14.5 Å². The number of β-lactam (4-membered cyclic amide) rings is 1. The molecule has 2 amide bonds. The molecule has 160 valence electrons. The Hall–Kier alpha value is -2.66. The number of nitrogens with zero attached hydrogens (tertiary/aromatic N) is 3. The minimum absolute atomic E-state index is 0.0321. The van der Waals surface area contributed by atoms with Gasteiger partial charge in [0.05, 0.1) is 18.1 Å². The lowest BCUT2D eigenvalue weighted by Crippen LogP contribution is -2.63. The minimum atomic E-state index is -1.13. The third-order valence-corrected chi connectivity index (χ3v) is 5.95. The maximum absolute atomic E-state index is 12.4. The van der Waals surface area contributed by atoms with E-state index < -0.39 is 18.0 Å². The monoisotopic (exact) mass is 408 g/mol. The first-order valence-corrected chi connectivity index (χ1v) is 9.66. The number of aliphatic carboxylic acids is 1. The average Bonchev–Trinajstić information content (AvgIpc) is 3.15. The van der Waals surface area contributed by atoms with Crippen LogP contribution in [0.2, 0.25) is 0 Å². The molecule has 3 aliphatic heterocycles. The number of hydrogen-bond donors (Lipinski definition) is 5. The quantitative estimate of drug-likeness (QED) is 0.177. The van der Waals surface area contributed by atoms with E-state index in [2.05, 4.69) is 15.2 Å². The molecule has 11 nitrogen and oxygen atoms in total. The molecule has 11 heteroatoms. The number of hydrogen-bond acceptors (Lipinski definition) is 6. The molecule has 0 aromatic heterocycles. The van der Waals surface area contributed by atoms with Crippen LogP contribution in [0.5, 0.6) is 0 Å². The number of aliphatic hydroxyl groups excluding tert-OH is 1. The molecule has 0 saturated carbocycles. The van der Waals surface area contributed by atoms with Gasteiger partial charge in [-0.05, 0) is 18.9 Å². The summed E-state index contributed by atoms with van der Waals surface area (Å²) >= 11 is 0. The van der Waals surface area contributed by atoms with Gasteiger partial charge in [0.25, 0.3) is 0 Å². The van der Waals surface area contributed by atoms with Crippen molar-refractivity contribution in [2.75, 3.05) is 26.2 Å². The second-order valence-corrected chi connectivity index (χ2v) is 7.96. The number of carboxylic acids is 1. The van der Waals surface area contributed by atoms with Crippen LogP contribution in [0, 0.1) is 11.8 Å². The molecule has 0 aliphatic carbocycles. The molecule has 0 spiro atoms. The Morgan fingerprint density at radius 1 is 1.38 bits per heavy atom. The second kappa shape index (κ2) is 7.99. The number of fused-ring (bicyclic) bond motifs is 1. The van der Waals surface area contributed by atoms with Gasteiger partial charge in [-0.2, -0.15) is 0 Å². The molecule has 7 N–H and O–H groups in total. The van der Waals surface area contributed by atoms with E-state index in [-0.39, 0.29) is 48.0 Å². The Labute approximate surface area is 168 Å². The normalized spacial score (nSPS) is 30.0. The molecule has 0 aromatic carbocycles. The van der Waals surface area contributed by atoms with E-state index in [1.165, 1.54) is 4.90 Å². The highest BCUT2D eigenvalue weighted by Gasteiger charge is 2.59. The van der Waals surface area contributed by atoms with Crippen LogP contribution in [0.25, 0.3) is 0 Å². The highest BCUT2D eigenvalue weighted by Crippen LogP contribution is 2.47. The lowest BCUT2D eigenvalue weighted by Gasteiger charge is -2.46. The molecular weight excluding hydrogens is 380 g/mol. The zero-order valence-corrected chi connectivity index (χ0v) is 16.5. The van der Waals surface area contributed by atoms with E-state index in [4.69, 9.17) is 11.5 Å². The summed E-state index contributed by atoms with van der Waals surface area (Å²) in [6, 6.07) is -0.396.